The number of rotatable bonds is 5. The first-order chi connectivity index (χ1) is 10.2. The van der Waals surface area contributed by atoms with Crippen LogP contribution in [-0.2, 0) is 17.6 Å². The second-order valence-electron chi connectivity index (χ2n) is 5.57. The maximum Gasteiger partial charge on any atom is 0.310 e. The molecule has 3 rings (SSSR count). The number of pyridine rings is 1. The summed E-state index contributed by atoms with van der Waals surface area (Å²) in [5.74, 6) is 0.192. The standard InChI is InChI=1S/C15H17N3O3/c19-14(20)15(6-2-3-7-15)10-13-17-12(18-21-13)9-11-5-1-4-8-16-11/h1,4-5,8H,2-3,6-7,9-10H2,(H,19,20). The Bertz CT molecular complexity index is 618. The number of carboxylic acid groups (broad SMARTS) is 1. The quantitative estimate of drug-likeness (QED) is 0.907. The zero-order valence-electron chi connectivity index (χ0n) is 11.7. The van der Waals surface area contributed by atoms with Crippen LogP contribution in [0.3, 0.4) is 0 Å². The van der Waals surface area contributed by atoms with Crippen molar-refractivity contribution in [1.82, 2.24) is 15.1 Å². The SMILES string of the molecule is O=C(O)C1(Cc2nc(Cc3ccccn3)no2)CCCC1. The van der Waals surface area contributed by atoms with E-state index < -0.39 is 11.4 Å². The van der Waals surface area contributed by atoms with E-state index in [2.05, 4.69) is 15.1 Å². The van der Waals surface area contributed by atoms with Crippen molar-refractivity contribution in [3.63, 3.8) is 0 Å². The van der Waals surface area contributed by atoms with E-state index in [1.165, 1.54) is 0 Å². The zero-order chi connectivity index (χ0) is 14.7. The highest BCUT2D eigenvalue weighted by atomic mass is 16.5. The van der Waals surface area contributed by atoms with Gasteiger partial charge in [0.05, 0.1) is 11.8 Å². The molecule has 2 heterocycles. The second kappa shape index (κ2) is 5.63. The van der Waals surface area contributed by atoms with Crippen molar-refractivity contribution in [2.45, 2.75) is 38.5 Å². The molecular weight excluding hydrogens is 270 g/mol. The van der Waals surface area contributed by atoms with Gasteiger partial charge in [-0.05, 0) is 25.0 Å². The molecule has 0 aliphatic heterocycles. The predicted molar refractivity (Wildman–Crippen MR) is 73.6 cm³/mol. The molecule has 1 aliphatic carbocycles. The molecule has 0 aromatic carbocycles. The highest BCUT2D eigenvalue weighted by Crippen LogP contribution is 2.40. The van der Waals surface area contributed by atoms with E-state index in [4.69, 9.17) is 4.52 Å². The molecule has 2 aromatic rings. The number of hydrogen-bond donors (Lipinski definition) is 1. The first kappa shape index (κ1) is 13.7. The van der Waals surface area contributed by atoms with Gasteiger partial charge in [-0.2, -0.15) is 4.98 Å². The molecule has 1 fully saturated rings. The predicted octanol–water partition coefficient (Wildman–Crippen LogP) is 2.24. The van der Waals surface area contributed by atoms with Crippen LogP contribution in [0.5, 0.6) is 0 Å². The normalized spacial score (nSPS) is 17.0. The van der Waals surface area contributed by atoms with Crippen molar-refractivity contribution >= 4 is 5.97 Å². The Balaban J connectivity index is 1.72. The molecule has 1 aliphatic rings. The van der Waals surface area contributed by atoms with E-state index >= 15 is 0 Å². The van der Waals surface area contributed by atoms with Crippen LogP contribution in [0.4, 0.5) is 0 Å². The van der Waals surface area contributed by atoms with Gasteiger partial charge in [-0.25, -0.2) is 0 Å². The Kier molecular flexibility index (Phi) is 3.68. The first-order valence-corrected chi connectivity index (χ1v) is 7.13. The van der Waals surface area contributed by atoms with Crippen LogP contribution in [0, 0.1) is 5.41 Å². The van der Waals surface area contributed by atoms with E-state index in [1.54, 1.807) is 6.20 Å². The Morgan fingerprint density at radius 3 is 2.81 bits per heavy atom. The molecule has 21 heavy (non-hydrogen) atoms. The third kappa shape index (κ3) is 2.94. The lowest BCUT2D eigenvalue weighted by molar-refractivity contribution is -0.148. The largest absolute Gasteiger partial charge is 0.481 e. The Morgan fingerprint density at radius 1 is 1.33 bits per heavy atom. The first-order valence-electron chi connectivity index (χ1n) is 7.13. The molecule has 0 atom stereocenters. The summed E-state index contributed by atoms with van der Waals surface area (Å²) in [5, 5.41) is 13.4. The van der Waals surface area contributed by atoms with Gasteiger partial charge in [0.15, 0.2) is 5.82 Å². The molecule has 1 saturated carbocycles. The molecule has 6 nitrogen and oxygen atoms in total. The average molecular weight is 287 g/mol. The summed E-state index contributed by atoms with van der Waals surface area (Å²) >= 11 is 0. The topological polar surface area (TPSA) is 89.1 Å². The lowest BCUT2D eigenvalue weighted by Gasteiger charge is -2.21. The van der Waals surface area contributed by atoms with E-state index in [1.807, 2.05) is 18.2 Å². The highest BCUT2D eigenvalue weighted by Gasteiger charge is 2.42. The average Bonchev–Trinajstić information content (AvgIpc) is 3.11. The number of carboxylic acids is 1. The highest BCUT2D eigenvalue weighted by molar-refractivity contribution is 5.75. The van der Waals surface area contributed by atoms with E-state index in [0.29, 0.717) is 37.4 Å². The van der Waals surface area contributed by atoms with Crippen LogP contribution < -0.4 is 0 Å². The summed E-state index contributed by atoms with van der Waals surface area (Å²) in [6.45, 7) is 0. The summed E-state index contributed by atoms with van der Waals surface area (Å²) in [7, 11) is 0. The van der Waals surface area contributed by atoms with Gasteiger partial charge >= 0.3 is 5.97 Å². The van der Waals surface area contributed by atoms with Crippen LogP contribution in [-0.4, -0.2) is 26.2 Å². The molecular formula is C15H17N3O3. The zero-order valence-corrected chi connectivity index (χ0v) is 11.7. The smallest absolute Gasteiger partial charge is 0.310 e. The van der Waals surface area contributed by atoms with Crippen molar-refractivity contribution in [3.8, 4) is 0 Å². The summed E-state index contributed by atoms with van der Waals surface area (Å²) in [6.07, 6.45) is 5.78. The van der Waals surface area contributed by atoms with Crippen LogP contribution in [0.25, 0.3) is 0 Å². The molecule has 0 radical (unpaired) electrons. The van der Waals surface area contributed by atoms with Gasteiger partial charge in [0, 0.05) is 18.3 Å². The molecule has 0 amide bonds. The number of carbonyl (C=O) groups is 1. The summed E-state index contributed by atoms with van der Waals surface area (Å²) < 4.78 is 5.22. The lowest BCUT2D eigenvalue weighted by atomic mass is 9.83. The maximum absolute atomic E-state index is 11.5. The van der Waals surface area contributed by atoms with Crippen molar-refractivity contribution in [1.29, 1.82) is 0 Å². The van der Waals surface area contributed by atoms with Crippen LogP contribution in [0.1, 0.15) is 43.1 Å². The molecule has 0 bridgehead atoms. The number of nitrogens with zero attached hydrogens (tertiary/aromatic N) is 3. The Morgan fingerprint density at radius 2 is 2.14 bits per heavy atom. The molecule has 2 aromatic heterocycles. The Hall–Kier alpha value is -2.24. The molecule has 0 spiro atoms. The van der Waals surface area contributed by atoms with Gasteiger partial charge < -0.3 is 9.63 Å². The summed E-state index contributed by atoms with van der Waals surface area (Å²) in [4.78, 5) is 20.1. The third-order valence-corrected chi connectivity index (χ3v) is 4.08. The van der Waals surface area contributed by atoms with Gasteiger partial charge in [-0.1, -0.05) is 24.1 Å². The summed E-state index contributed by atoms with van der Waals surface area (Å²) in [6, 6.07) is 5.65. The molecule has 110 valence electrons. The lowest BCUT2D eigenvalue weighted by Crippen LogP contribution is -2.30. The number of aliphatic carboxylic acids is 1. The van der Waals surface area contributed by atoms with Crippen LogP contribution in [0.15, 0.2) is 28.9 Å². The van der Waals surface area contributed by atoms with E-state index in [9.17, 15) is 9.90 Å². The van der Waals surface area contributed by atoms with E-state index in [-0.39, 0.29) is 0 Å². The third-order valence-electron chi connectivity index (χ3n) is 4.08. The minimum atomic E-state index is -0.760. The fourth-order valence-corrected chi connectivity index (χ4v) is 2.91. The van der Waals surface area contributed by atoms with Gasteiger partial charge in [-0.3, -0.25) is 9.78 Å². The minimum absolute atomic E-state index is 0.317. The molecule has 6 heteroatoms. The fourth-order valence-electron chi connectivity index (χ4n) is 2.91. The van der Waals surface area contributed by atoms with Gasteiger partial charge in [-0.15, -0.1) is 0 Å². The van der Waals surface area contributed by atoms with Gasteiger partial charge in [0.2, 0.25) is 5.89 Å². The maximum atomic E-state index is 11.5. The minimum Gasteiger partial charge on any atom is -0.481 e. The molecule has 1 N–H and O–H groups in total. The summed E-state index contributed by atoms with van der Waals surface area (Å²) in [5.41, 5.74) is 0.132. The fraction of sp³-hybridized carbons (Fsp3) is 0.467. The number of hydrogen-bond acceptors (Lipinski definition) is 5. The van der Waals surface area contributed by atoms with Gasteiger partial charge in [0.25, 0.3) is 0 Å². The second-order valence-corrected chi connectivity index (χ2v) is 5.57. The van der Waals surface area contributed by atoms with Crippen LogP contribution in [0.2, 0.25) is 0 Å². The van der Waals surface area contributed by atoms with E-state index in [0.717, 1.165) is 18.5 Å². The number of aromatic nitrogens is 3. The van der Waals surface area contributed by atoms with Crippen molar-refractivity contribution < 1.29 is 14.4 Å². The monoisotopic (exact) mass is 287 g/mol. The molecule has 0 unspecified atom stereocenters. The Labute approximate surface area is 122 Å². The van der Waals surface area contributed by atoms with Crippen molar-refractivity contribution in [3.05, 3.63) is 41.8 Å². The van der Waals surface area contributed by atoms with Crippen molar-refractivity contribution in [2.75, 3.05) is 0 Å². The van der Waals surface area contributed by atoms with Gasteiger partial charge in [0.1, 0.15) is 0 Å². The van der Waals surface area contributed by atoms with Crippen molar-refractivity contribution in [2.24, 2.45) is 5.41 Å². The van der Waals surface area contributed by atoms with Crippen LogP contribution >= 0.6 is 0 Å². The molecule has 0 saturated heterocycles.